The summed E-state index contributed by atoms with van der Waals surface area (Å²) in [4.78, 5) is 26.0. The molecule has 0 saturated heterocycles. The lowest BCUT2D eigenvalue weighted by atomic mass is 10.1. The molecular formula is C13H18N2O4. The molecule has 104 valence electrons. The van der Waals surface area contributed by atoms with Crippen molar-refractivity contribution in [3.8, 4) is 0 Å². The van der Waals surface area contributed by atoms with Gasteiger partial charge in [-0.05, 0) is 25.0 Å². The molecule has 0 saturated carbocycles. The van der Waals surface area contributed by atoms with Crippen molar-refractivity contribution >= 4 is 17.8 Å². The van der Waals surface area contributed by atoms with Crippen LogP contribution in [0.15, 0.2) is 18.3 Å². The maximum Gasteiger partial charge on any atom is 0.339 e. The predicted molar refractivity (Wildman–Crippen MR) is 70.1 cm³/mol. The number of nitrogens with zero attached hydrogens (tertiary/aromatic N) is 1. The average Bonchev–Trinajstić information content (AvgIpc) is 2.36. The SMILES string of the molecule is CCOC(=O)c1ccc(NCC(C)CC(=O)O)nc1. The van der Waals surface area contributed by atoms with Gasteiger partial charge in [-0.3, -0.25) is 4.79 Å². The molecule has 0 aromatic carbocycles. The fourth-order valence-electron chi connectivity index (χ4n) is 1.48. The summed E-state index contributed by atoms with van der Waals surface area (Å²) in [7, 11) is 0. The third-order valence-electron chi connectivity index (χ3n) is 2.43. The summed E-state index contributed by atoms with van der Waals surface area (Å²) in [5.41, 5.74) is 0.394. The first-order valence-electron chi connectivity index (χ1n) is 6.11. The largest absolute Gasteiger partial charge is 0.481 e. The fraction of sp³-hybridized carbons (Fsp3) is 0.462. The van der Waals surface area contributed by atoms with Crippen LogP contribution in [0.3, 0.4) is 0 Å². The van der Waals surface area contributed by atoms with Gasteiger partial charge in [0.05, 0.1) is 12.2 Å². The summed E-state index contributed by atoms with van der Waals surface area (Å²) in [6, 6.07) is 3.29. The van der Waals surface area contributed by atoms with Crippen molar-refractivity contribution in [1.82, 2.24) is 4.98 Å². The van der Waals surface area contributed by atoms with Crippen molar-refractivity contribution in [2.75, 3.05) is 18.5 Å². The quantitative estimate of drug-likeness (QED) is 0.731. The van der Waals surface area contributed by atoms with E-state index in [2.05, 4.69) is 10.3 Å². The van der Waals surface area contributed by atoms with E-state index in [-0.39, 0.29) is 12.3 Å². The minimum atomic E-state index is -0.820. The van der Waals surface area contributed by atoms with Gasteiger partial charge in [0.1, 0.15) is 5.82 Å². The molecule has 0 fully saturated rings. The summed E-state index contributed by atoms with van der Waals surface area (Å²) in [6.07, 6.45) is 1.54. The van der Waals surface area contributed by atoms with E-state index in [9.17, 15) is 9.59 Å². The number of anilines is 1. The van der Waals surface area contributed by atoms with E-state index in [1.54, 1.807) is 19.1 Å². The minimum Gasteiger partial charge on any atom is -0.481 e. The molecule has 1 unspecified atom stereocenters. The molecule has 1 heterocycles. The number of carboxylic acid groups (broad SMARTS) is 1. The number of aliphatic carboxylic acids is 1. The number of carbonyl (C=O) groups excluding carboxylic acids is 1. The normalized spacial score (nSPS) is 11.7. The topological polar surface area (TPSA) is 88.5 Å². The van der Waals surface area contributed by atoms with Gasteiger partial charge >= 0.3 is 11.9 Å². The smallest absolute Gasteiger partial charge is 0.339 e. The Morgan fingerprint density at radius 3 is 2.74 bits per heavy atom. The van der Waals surface area contributed by atoms with E-state index in [4.69, 9.17) is 9.84 Å². The van der Waals surface area contributed by atoms with Gasteiger partial charge in [-0.25, -0.2) is 9.78 Å². The Morgan fingerprint density at radius 2 is 2.21 bits per heavy atom. The Balaban J connectivity index is 2.48. The summed E-state index contributed by atoms with van der Waals surface area (Å²) in [5.74, 6) is -0.616. The first-order chi connectivity index (χ1) is 9.02. The van der Waals surface area contributed by atoms with E-state index in [1.165, 1.54) is 6.20 Å². The molecule has 0 aliphatic heterocycles. The molecule has 0 amide bonds. The van der Waals surface area contributed by atoms with Gasteiger partial charge in [-0.15, -0.1) is 0 Å². The van der Waals surface area contributed by atoms with Gasteiger partial charge in [0.15, 0.2) is 0 Å². The van der Waals surface area contributed by atoms with Crippen LogP contribution in [0.4, 0.5) is 5.82 Å². The molecule has 1 rings (SSSR count). The van der Waals surface area contributed by atoms with Crippen LogP contribution in [0, 0.1) is 5.92 Å². The number of pyridine rings is 1. The fourth-order valence-corrected chi connectivity index (χ4v) is 1.48. The number of ether oxygens (including phenoxy) is 1. The Bertz CT molecular complexity index is 431. The molecule has 1 aromatic heterocycles. The lowest BCUT2D eigenvalue weighted by Gasteiger charge is -2.10. The van der Waals surface area contributed by atoms with Crippen LogP contribution in [0.1, 0.15) is 30.6 Å². The molecule has 1 atom stereocenters. The minimum absolute atomic E-state index is 0.00373. The highest BCUT2D eigenvalue weighted by atomic mass is 16.5. The molecule has 0 radical (unpaired) electrons. The summed E-state index contributed by atoms with van der Waals surface area (Å²) in [6.45, 7) is 4.42. The molecule has 6 heteroatoms. The molecule has 6 nitrogen and oxygen atoms in total. The van der Waals surface area contributed by atoms with Crippen molar-refractivity contribution in [2.24, 2.45) is 5.92 Å². The van der Waals surface area contributed by atoms with Gasteiger partial charge in [0, 0.05) is 19.2 Å². The highest BCUT2D eigenvalue weighted by Gasteiger charge is 2.09. The van der Waals surface area contributed by atoms with Gasteiger partial charge in [0.2, 0.25) is 0 Å². The molecule has 0 bridgehead atoms. The maximum atomic E-state index is 11.4. The maximum absolute atomic E-state index is 11.4. The van der Waals surface area contributed by atoms with E-state index in [0.29, 0.717) is 24.5 Å². The van der Waals surface area contributed by atoms with E-state index < -0.39 is 11.9 Å². The highest BCUT2D eigenvalue weighted by molar-refractivity contribution is 5.89. The van der Waals surface area contributed by atoms with Gasteiger partial charge in [-0.2, -0.15) is 0 Å². The second-order valence-corrected chi connectivity index (χ2v) is 4.24. The van der Waals surface area contributed by atoms with Crippen LogP contribution in [0.2, 0.25) is 0 Å². The summed E-state index contributed by atoms with van der Waals surface area (Å²) in [5, 5.41) is 11.7. The van der Waals surface area contributed by atoms with E-state index >= 15 is 0 Å². The number of carboxylic acids is 1. The van der Waals surface area contributed by atoms with E-state index in [1.807, 2.05) is 6.92 Å². The van der Waals surface area contributed by atoms with Crippen molar-refractivity contribution in [2.45, 2.75) is 20.3 Å². The van der Waals surface area contributed by atoms with Gasteiger partial charge < -0.3 is 15.2 Å². The number of hydrogen-bond acceptors (Lipinski definition) is 5. The zero-order valence-electron chi connectivity index (χ0n) is 11.0. The Hall–Kier alpha value is -2.11. The van der Waals surface area contributed by atoms with Crippen molar-refractivity contribution < 1.29 is 19.4 Å². The highest BCUT2D eigenvalue weighted by Crippen LogP contribution is 2.08. The van der Waals surface area contributed by atoms with Crippen molar-refractivity contribution in [3.63, 3.8) is 0 Å². The Kier molecular flexibility index (Phi) is 5.78. The number of hydrogen-bond donors (Lipinski definition) is 2. The Labute approximate surface area is 111 Å². The standard InChI is InChI=1S/C13H18N2O4/c1-3-19-13(18)10-4-5-11(15-8-10)14-7-9(2)6-12(16)17/h4-5,8-9H,3,6-7H2,1-2H3,(H,14,15)(H,16,17). The van der Waals surface area contributed by atoms with Gasteiger partial charge in [-0.1, -0.05) is 6.92 Å². The van der Waals surface area contributed by atoms with Crippen LogP contribution >= 0.6 is 0 Å². The van der Waals surface area contributed by atoms with Crippen LogP contribution in [0.25, 0.3) is 0 Å². The van der Waals surface area contributed by atoms with Crippen LogP contribution in [-0.4, -0.2) is 35.2 Å². The monoisotopic (exact) mass is 266 g/mol. The number of nitrogens with one attached hydrogen (secondary N) is 1. The van der Waals surface area contributed by atoms with Crippen molar-refractivity contribution in [1.29, 1.82) is 0 Å². The zero-order valence-corrected chi connectivity index (χ0v) is 11.0. The lowest BCUT2D eigenvalue weighted by Crippen LogP contribution is -2.15. The number of aromatic nitrogens is 1. The number of carbonyl (C=O) groups is 2. The third-order valence-corrected chi connectivity index (χ3v) is 2.43. The predicted octanol–water partition coefficient (Wildman–Crippen LogP) is 1.78. The van der Waals surface area contributed by atoms with Crippen LogP contribution in [-0.2, 0) is 9.53 Å². The molecule has 0 aliphatic rings. The zero-order chi connectivity index (χ0) is 14.3. The molecule has 0 spiro atoms. The second kappa shape index (κ2) is 7.35. The lowest BCUT2D eigenvalue weighted by molar-refractivity contribution is -0.137. The van der Waals surface area contributed by atoms with Crippen LogP contribution in [0.5, 0.6) is 0 Å². The molecule has 0 aliphatic carbocycles. The number of rotatable bonds is 7. The molecule has 2 N–H and O–H groups in total. The first-order valence-corrected chi connectivity index (χ1v) is 6.11. The summed E-state index contributed by atoms with van der Waals surface area (Å²) < 4.78 is 4.85. The first kappa shape index (κ1) is 14.9. The second-order valence-electron chi connectivity index (χ2n) is 4.24. The Morgan fingerprint density at radius 1 is 1.47 bits per heavy atom. The molecular weight excluding hydrogens is 248 g/mol. The van der Waals surface area contributed by atoms with E-state index in [0.717, 1.165) is 0 Å². The van der Waals surface area contributed by atoms with Crippen LogP contribution < -0.4 is 5.32 Å². The molecule has 1 aromatic rings. The third kappa shape index (κ3) is 5.37. The average molecular weight is 266 g/mol. The molecule has 19 heavy (non-hydrogen) atoms. The summed E-state index contributed by atoms with van der Waals surface area (Å²) >= 11 is 0. The van der Waals surface area contributed by atoms with Crippen molar-refractivity contribution in [3.05, 3.63) is 23.9 Å². The number of esters is 1. The van der Waals surface area contributed by atoms with Gasteiger partial charge in [0.25, 0.3) is 0 Å².